The van der Waals surface area contributed by atoms with Gasteiger partial charge in [-0.25, -0.2) is 8.42 Å². The summed E-state index contributed by atoms with van der Waals surface area (Å²) in [5.74, 6) is 0.218. The highest BCUT2D eigenvalue weighted by molar-refractivity contribution is 7.91. The molecule has 0 saturated carbocycles. The number of nitrogens with two attached hydrogens (primary N) is 1. The molecular formula is C11H15N3O2S2. The lowest BCUT2D eigenvalue weighted by Crippen LogP contribution is -2.32. The van der Waals surface area contributed by atoms with Crippen LogP contribution in [0.15, 0.2) is 16.3 Å². The molecule has 0 bridgehead atoms. The molecule has 1 aliphatic heterocycles. The molecule has 7 heteroatoms. The molecule has 0 aliphatic carbocycles. The van der Waals surface area contributed by atoms with Gasteiger partial charge in [0.05, 0.1) is 0 Å². The number of hydrogen-bond acceptors (Lipinski definition) is 5. The van der Waals surface area contributed by atoms with Crippen LogP contribution in [0, 0.1) is 17.2 Å². The molecule has 2 N–H and O–H groups in total. The molecule has 0 amide bonds. The predicted molar refractivity (Wildman–Crippen MR) is 69.5 cm³/mol. The van der Waals surface area contributed by atoms with Crippen LogP contribution in [0.1, 0.15) is 18.2 Å². The smallest absolute Gasteiger partial charge is 0.252 e. The molecule has 1 saturated heterocycles. The van der Waals surface area contributed by atoms with E-state index in [2.05, 4.69) is 0 Å². The fraction of sp³-hybridized carbons (Fsp3) is 0.545. The molecule has 2 heterocycles. The third-order valence-corrected chi connectivity index (χ3v) is 6.54. The van der Waals surface area contributed by atoms with Crippen LogP contribution < -0.4 is 5.73 Å². The molecule has 0 aromatic carbocycles. The van der Waals surface area contributed by atoms with E-state index in [9.17, 15) is 8.42 Å². The van der Waals surface area contributed by atoms with Crippen LogP contribution >= 0.6 is 11.3 Å². The SMILES string of the molecule is CC(N)C1CCN(S(=O)(=O)c2ccc(C#N)s2)C1. The first-order valence-corrected chi connectivity index (χ1v) is 7.96. The van der Waals surface area contributed by atoms with Gasteiger partial charge in [0, 0.05) is 19.1 Å². The molecule has 1 aliphatic rings. The lowest BCUT2D eigenvalue weighted by molar-refractivity contribution is 0.430. The van der Waals surface area contributed by atoms with Crippen molar-refractivity contribution in [2.24, 2.45) is 11.7 Å². The zero-order chi connectivity index (χ0) is 13.3. The van der Waals surface area contributed by atoms with E-state index in [1.54, 1.807) is 0 Å². The second-order valence-corrected chi connectivity index (χ2v) is 7.75. The Bertz CT molecular complexity index is 571. The molecule has 1 aromatic rings. The lowest BCUT2D eigenvalue weighted by Gasteiger charge is -2.17. The van der Waals surface area contributed by atoms with Crippen molar-refractivity contribution in [3.05, 3.63) is 17.0 Å². The summed E-state index contributed by atoms with van der Waals surface area (Å²) in [4.78, 5) is 0.413. The molecule has 2 unspecified atom stereocenters. The van der Waals surface area contributed by atoms with E-state index >= 15 is 0 Å². The molecule has 0 radical (unpaired) electrons. The first kappa shape index (κ1) is 13.5. The van der Waals surface area contributed by atoms with Crippen LogP contribution in [-0.2, 0) is 10.0 Å². The maximum absolute atomic E-state index is 12.3. The van der Waals surface area contributed by atoms with Gasteiger partial charge in [0.15, 0.2) is 0 Å². The van der Waals surface area contributed by atoms with Gasteiger partial charge in [-0.05, 0) is 31.4 Å². The predicted octanol–water partition coefficient (Wildman–Crippen LogP) is 0.978. The summed E-state index contributed by atoms with van der Waals surface area (Å²) in [5, 5.41) is 8.73. The Morgan fingerprint density at radius 2 is 2.33 bits per heavy atom. The first-order chi connectivity index (χ1) is 8.45. The third kappa shape index (κ3) is 2.42. The Kier molecular flexibility index (Phi) is 3.73. The third-order valence-electron chi connectivity index (χ3n) is 3.22. The van der Waals surface area contributed by atoms with Gasteiger partial charge in [0.25, 0.3) is 10.0 Å². The normalized spacial score (nSPS) is 22.8. The Labute approximate surface area is 111 Å². The monoisotopic (exact) mass is 285 g/mol. The average molecular weight is 285 g/mol. The summed E-state index contributed by atoms with van der Waals surface area (Å²) in [6.45, 7) is 2.88. The van der Waals surface area contributed by atoms with Crippen molar-refractivity contribution >= 4 is 21.4 Å². The van der Waals surface area contributed by atoms with Crippen LogP contribution in [0.25, 0.3) is 0 Å². The van der Waals surface area contributed by atoms with Crippen molar-refractivity contribution in [1.82, 2.24) is 4.31 Å². The van der Waals surface area contributed by atoms with E-state index < -0.39 is 10.0 Å². The fourth-order valence-electron chi connectivity index (χ4n) is 2.05. The van der Waals surface area contributed by atoms with Gasteiger partial charge in [-0.2, -0.15) is 9.57 Å². The van der Waals surface area contributed by atoms with Crippen LogP contribution in [0.4, 0.5) is 0 Å². The zero-order valence-corrected chi connectivity index (χ0v) is 11.7. The van der Waals surface area contributed by atoms with E-state index in [0.29, 0.717) is 18.0 Å². The first-order valence-electron chi connectivity index (χ1n) is 5.71. The number of thiophene rings is 1. The molecule has 2 atom stereocenters. The average Bonchev–Trinajstić information content (AvgIpc) is 2.98. The van der Waals surface area contributed by atoms with Gasteiger partial charge >= 0.3 is 0 Å². The van der Waals surface area contributed by atoms with Crippen LogP contribution in [0.2, 0.25) is 0 Å². The van der Waals surface area contributed by atoms with E-state index in [1.165, 1.54) is 16.4 Å². The van der Waals surface area contributed by atoms with Crippen molar-refractivity contribution in [1.29, 1.82) is 5.26 Å². The zero-order valence-electron chi connectivity index (χ0n) is 10.0. The lowest BCUT2D eigenvalue weighted by atomic mass is 10.0. The molecule has 98 valence electrons. The van der Waals surface area contributed by atoms with Gasteiger partial charge in [0.1, 0.15) is 15.2 Å². The molecule has 0 spiro atoms. The minimum absolute atomic E-state index is 0.00297. The Balaban J connectivity index is 2.20. The summed E-state index contributed by atoms with van der Waals surface area (Å²) in [6, 6.07) is 4.99. The number of nitriles is 1. The topological polar surface area (TPSA) is 87.2 Å². The van der Waals surface area contributed by atoms with E-state index in [1.807, 2.05) is 13.0 Å². The maximum atomic E-state index is 12.3. The standard InChI is InChI=1S/C11H15N3O2S2/c1-8(13)9-4-5-14(7-9)18(15,16)11-3-2-10(6-12)17-11/h2-3,8-9H,4-5,7,13H2,1H3. The quantitative estimate of drug-likeness (QED) is 0.896. The highest BCUT2D eigenvalue weighted by atomic mass is 32.2. The molecule has 1 aromatic heterocycles. The maximum Gasteiger partial charge on any atom is 0.252 e. The second-order valence-electron chi connectivity index (χ2n) is 4.50. The molecular weight excluding hydrogens is 270 g/mol. The van der Waals surface area contributed by atoms with Gasteiger partial charge in [0.2, 0.25) is 0 Å². The van der Waals surface area contributed by atoms with Crippen LogP contribution in [0.3, 0.4) is 0 Å². The number of sulfonamides is 1. The second kappa shape index (κ2) is 4.97. The number of hydrogen-bond donors (Lipinski definition) is 1. The van der Waals surface area contributed by atoms with E-state index in [-0.39, 0.29) is 16.2 Å². The van der Waals surface area contributed by atoms with E-state index in [0.717, 1.165) is 17.8 Å². The highest BCUT2D eigenvalue weighted by Gasteiger charge is 2.34. The summed E-state index contributed by atoms with van der Waals surface area (Å²) < 4.78 is 26.3. The number of rotatable bonds is 3. The Morgan fingerprint density at radius 3 is 2.83 bits per heavy atom. The van der Waals surface area contributed by atoms with E-state index in [4.69, 9.17) is 11.0 Å². The van der Waals surface area contributed by atoms with Crippen molar-refractivity contribution in [2.75, 3.05) is 13.1 Å². The van der Waals surface area contributed by atoms with Gasteiger partial charge in [-0.15, -0.1) is 11.3 Å². The van der Waals surface area contributed by atoms with Gasteiger partial charge < -0.3 is 5.73 Å². The van der Waals surface area contributed by atoms with Crippen molar-refractivity contribution in [2.45, 2.75) is 23.6 Å². The highest BCUT2D eigenvalue weighted by Crippen LogP contribution is 2.29. The minimum Gasteiger partial charge on any atom is -0.328 e. The molecule has 2 rings (SSSR count). The summed E-state index contributed by atoms with van der Waals surface area (Å²) >= 11 is 1.01. The Morgan fingerprint density at radius 1 is 1.61 bits per heavy atom. The van der Waals surface area contributed by atoms with Crippen molar-refractivity contribution < 1.29 is 8.42 Å². The van der Waals surface area contributed by atoms with Crippen molar-refractivity contribution in [3.63, 3.8) is 0 Å². The summed E-state index contributed by atoms with van der Waals surface area (Å²) in [5.41, 5.74) is 5.81. The van der Waals surface area contributed by atoms with Crippen LogP contribution in [0.5, 0.6) is 0 Å². The molecule has 1 fully saturated rings. The van der Waals surface area contributed by atoms with Gasteiger partial charge in [-0.3, -0.25) is 0 Å². The van der Waals surface area contributed by atoms with Crippen LogP contribution in [-0.4, -0.2) is 31.9 Å². The summed E-state index contributed by atoms with van der Waals surface area (Å²) in [6.07, 6.45) is 0.799. The number of nitrogens with zero attached hydrogens (tertiary/aromatic N) is 2. The fourth-order valence-corrected chi connectivity index (χ4v) is 4.82. The van der Waals surface area contributed by atoms with Gasteiger partial charge in [-0.1, -0.05) is 0 Å². The largest absolute Gasteiger partial charge is 0.328 e. The Hall–Kier alpha value is -0.940. The molecule has 18 heavy (non-hydrogen) atoms. The van der Waals surface area contributed by atoms with Crippen molar-refractivity contribution in [3.8, 4) is 6.07 Å². The minimum atomic E-state index is -3.45. The molecule has 5 nitrogen and oxygen atoms in total. The summed E-state index contributed by atoms with van der Waals surface area (Å²) in [7, 11) is -3.45.